The first-order valence-electron chi connectivity index (χ1n) is 12.1. The summed E-state index contributed by atoms with van der Waals surface area (Å²) in [5.74, 6) is 1.27. The maximum Gasteiger partial charge on any atom is 0.327 e. The summed E-state index contributed by atoms with van der Waals surface area (Å²) in [6, 6.07) is 17.8. The molecule has 3 amide bonds. The number of urea groups is 1. The van der Waals surface area contributed by atoms with Crippen molar-refractivity contribution in [3.63, 3.8) is 0 Å². The van der Waals surface area contributed by atoms with Crippen molar-refractivity contribution in [3.05, 3.63) is 72.4 Å². The second kappa shape index (κ2) is 9.48. The highest BCUT2D eigenvalue weighted by Crippen LogP contribution is 2.50. The fourth-order valence-electron chi connectivity index (χ4n) is 5.15. The number of amides is 3. The van der Waals surface area contributed by atoms with E-state index in [1.165, 1.54) is 11.8 Å². The fraction of sp³-hybridized carbons (Fsp3) is 0.296. The van der Waals surface area contributed by atoms with Gasteiger partial charge in [-0.1, -0.05) is 30.0 Å². The summed E-state index contributed by atoms with van der Waals surface area (Å²) in [6.07, 6.45) is 4.38. The van der Waals surface area contributed by atoms with Gasteiger partial charge in [-0.3, -0.25) is 9.69 Å². The summed E-state index contributed by atoms with van der Waals surface area (Å²) in [5.41, 5.74) is 2.27. The van der Waals surface area contributed by atoms with Crippen LogP contribution >= 0.6 is 11.8 Å². The van der Waals surface area contributed by atoms with E-state index in [1.807, 2.05) is 60.7 Å². The summed E-state index contributed by atoms with van der Waals surface area (Å²) in [4.78, 5) is 32.7. The second-order valence-electron chi connectivity index (χ2n) is 9.28. The molecule has 184 valence electrons. The molecule has 4 atom stereocenters. The number of thioether (sulfide) groups is 1. The zero-order chi connectivity index (χ0) is 24.6. The number of aromatic nitrogens is 1. The van der Waals surface area contributed by atoms with Crippen LogP contribution in [-0.4, -0.2) is 39.4 Å². The lowest BCUT2D eigenvalue weighted by molar-refractivity contribution is -0.122. The molecule has 3 aromatic rings. The van der Waals surface area contributed by atoms with Crippen LogP contribution in [0.1, 0.15) is 37.3 Å². The van der Waals surface area contributed by atoms with Crippen LogP contribution in [0.4, 0.5) is 16.2 Å². The number of rotatable bonds is 5. The van der Waals surface area contributed by atoms with Crippen LogP contribution in [0.3, 0.4) is 0 Å². The molecule has 2 unspecified atom stereocenters. The number of para-hydroxylation sites is 1. The molecule has 0 bridgehead atoms. The molecule has 3 N–H and O–H groups in total. The Bertz CT molecular complexity index is 1290. The molecule has 2 aromatic carbocycles. The van der Waals surface area contributed by atoms with E-state index < -0.39 is 11.3 Å². The molecule has 1 aromatic heterocycles. The molecule has 1 aliphatic carbocycles. The molecule has 0 saturated heterocycles. The molecule has 6 rings (SSSR count). The summed E-state index contributed by atoms with van der Waals surface area (Å²) in [7, 11) is 0. The van der Waals surface area contributed by atoms with Gasteiger partial charge in [0.2, 0.25) is 5.91 Å². The van der Waals surface area contributed by atoms with Crippen molar-refractivity contribution in [3.8, 4) is 11.5 Å². The van der Waals surface area contributed by atoms with E-state index in [9.17, 15) is 14.7 Å². The van der Waals surface area contributed by atoms with Crippen LogP contribution in [0.25, 0.3) is 0 Å². The first-order chi connectivity index (χ1) is 17.6. The summed E-state index contributed by atoms with van der Waals surface area (Å²) in [6.45, 7) is 0. The molecule has 1 fully saturated rings. The Balaban J connectivity index is 1.23. The molecule has 2 aliphatic heterocycles. The molecule has 3 heterocycles. The van der Waals surface area contributed by atoms with Crippen molar-refractivity contribution in [2.75, 3.05) is 4.90 Å². The Morgan fingerprint density at radius 1 is 1.08 bits per heavy atom. The van der Waals surface area contributed by atoms with Crippen LogP contribution in [0.15, 0.2) is 71.9 Å². The highest BCUT2D eigenvalue weighted by molar-refractivity contribution is 8.01. The number of hydrogen-bond donors (Lipinski definition) is 3. The molecule has 8 nitrogen and oxygen atoms in total. The largest absolute Gasteiger partial charge is 0.457 e. The molecule has 36 heavy (non-hydrogen) atoms. The predicted octanol–water partition coefficient (Wildman–Crippen LogP) is 4.67. The molecular formula is C27H26N4O4S. The van der Waals surface area contributed by atoms with E-state index >= 15 is 0 Å². The van der Waals surface area contributed by atoms with Crippen molar-refractivity contribution in [2.45, 2.75) is 54.1 Å². The third kappa shape index (κ3) is 4.29. The predicted molar refractivity (Wildman–Crippen MR) is 137 cm³/mol. The van der Waals surface area contributed by atoms with Gasteiger partial charge in [0, 0.05) is 17.8 Å². The highest BCUT2D eigenvalue weighted by atomic mass is 32.2. The van der Waals surface area contributed by atoms with Gasteiger partial charge in [0.1, 0.15) is 21.8 Å². The Labute approximate surface area is 213 Å². The van der Waals surface area contributed by atoms with Crippen molar-refractivity contribution in [1.29, 1.82) is 0 Å². The Kier molecular flexibility index (Phi) is 6.02. The van der Waals surface area contributed by atoms with Crippen LogP contribution in [-0.2, 0) is 4.79 Å². The number of pyridine rings is 1. The molecule has 1 saturated carbocycles. The van der Waals surface area contributed by atoms with E-state index in [-0.39, 0.29) is 24.1 Å². The normalized spacial score (nSPS) is 24.6. The van der Waals surface area contributed by atoms with E-state index in [1.54, 1.807) is 11.1 Å². The van der Waals surface area contributed by atoms with Gasteiger partial charge in [-0.15, -0.1) is 0 Å². The minimum atomic E-state index is -0.513. The second-order valence-corrected chi connectivity index (χ2v) is 10.4. The topological polar surface area (TPSA) is 104 Å². The lowest BCUT2D eigenvalue weighted by Crippen LogP contribution is -2.50. The molecule has 0 spiro atoms. The van der Waals surface area contributed by atoms with Gasteiger partial charge >= 0.3 is 6.03 Å². The number of nitrogens with one attached hydrogen (secondary N) is 2. The average molecular weight is 503 g/mol. The number of ether oxygens (including phenoxy) is 1. The minimum Gasteiger partial charge on any atom is -0.457 e. The van der Waals surface area contributed by atoms with Gasteiger partial charge < -0.3 is 20.5 Å². The standard InChI is InChI=1S/C27H26N4O4S/c32-18-6-4-5-16(15-18)29-25(33)24-23-22-21(13-14-28-26(22)36-24)31(27(34)30-23)17-9-11-20(12-10-17)35-19-7-2-1-3-8-19/h1-3,7-14,16,18,23-24,32H,4-6,15H2,(H,29,33)(H,30,34)/t16-,18-,23?,24?/m1/s1. The van der Waals surface area contributed by atoms with Crippen LogP contribution in [0.5, 0.6) is 11.5 Å². The smallest absolute Gasteiger partial charge is 0.327 e. The Morgan fingerprint density at radius 2 is 1.86 bits per heavy atom. The van der Waals surface area contributed by atoms with E-state index in [2.05, 4.69) is 15.6 Å². The number of carbonyl (C=O) groups is 2. The molecular weight excluding hydrogens is 476 g/mol. The first-order valence-corrected chi connectivity index (χ1v) is 13.0. The van der Waals surface area contributed by atoms with E-state index in [4.69, 9.17) is 4.74 Å². The van der Waals surface area contributed by atoms with Crippen LogP contribution < -0.4 is 20.3 Å². The summed E-state index contributed by atoms with van der Waals surface area (Å²) in [5, 5.41) is 16.3. The quantitative estimate of drug-likeness (QED) is 0.469. The fourth-order valence-corrected chi connectivity index (χ4v) is 6.38. The van der Waals surface area contributed by atoms with Crippen molar-refractivity contribution < 1.29 is 19.4 Å². The molecule has 0 radical (unpaired) electrons. The molecule has 3 aliphatic rings. The van der Waals surface area contributed by atoms with E-state index in [0.717, 1.165) is 41.3 Å². The van der Waals surface area contributed by atoms with Gasteiger partial charge in [0.25, 0.3) is 0 Å². The lowest BCUT2D eigenvalue weighted by Gasteiger charge is -2.34. The molecule has 9 heteroatoms. The number of anilines is 2. The third-order valence-electron chi connectivity index (χ3n) is 6.83. The lowest BCUT2D eigenvalue weighted by atomic mass is 9.92. The number of nitrogens with zero attached hydrogens (tertiary/aromatic N) is 2. The van der Waals surface area contributed by atoms with Crippen molar-refractivity contribution in [2.24, 2.45) is 0 Å². The number of benzene rings is 2. The number of aliphatic hydroxyl groups is 1. The highest BCUT2D eigenvalue weighted by Gasteiger charge is 2.47. The minimum absolute atomic E-state index is 0.0506. The van der Waals surface area contributed by atoms with Gasteiger partial charge in [-0.25, -0.2) is 9.78 Å². The zero-order valence-corrected chi connectivity index (χ0v) is 20.3. The van der Waals surface area contributed by atoms with Gasteiger partial charge in [-0.2, -0.15) is 0 Å². The maximum absolute atomic E-state index is 13.3. The van der Waals surface area contributed by atoms with Gasteiger partial charge in [0.05, 0.1) is 23.5 Å². The summed E-state index contributed by atoms with van der Waals surface area (Å²) >= 11 is 1.38. The first kappa shape index (κ1) is 22.9. The third-order valence-corrected chi connectivity index (χ3v) is 8.12. The van der Waals surface area contributed by atoms with Crippen molar-refractivity contribution in [1.82, 2.24) is 15.6 Å². The number of hydrogen-bond acceptors (Lipinski definition) is 6. The zero-order valence-electron chi connectivity index (χ0n) is 19.5. The summed E-state index contributed by atoms with van der Waals surface area (Å²) < 4.78 is 5.88. The number of carbonyl (C=O) groups excluding carboxylic acids is 2. The SMILES string of the molecule is O=C(N[C@@H]1CCC[C@@H](O)C1)C1Sc2nccc3c2C1NC(=O)N3c1ccc(Oc2ccccc2)cc1. The van der Waals surface area contributed by atoms with E-state index in [0.29, 0.717) is 17.9 Å². The van der Waals surface area contributed by atoms with Gasteiger partial charge in [0.15, 0.2) is 0 Å². The maximum atomic E-state index is 13.3. The van der Waals surface area contributed by atoms with Gasteiger partial charge in [-0.05, 0) is 68.1 Å². The van der Waals surface area contributed by atoms with Crippen LogP contribution in [0, 0.1) is 0 Å². The monoisotopic (exact) mass is 502 g/mol. The van der Waals surface area contributed by atoms with Crippen LogP contribution in [0.2, 0.25) is 0 Å². The van der Waals surface area contributed by atoms with Crippen molar-refractivity contribution >= 4 is 35.1 Å². The number of aliphatic hydroxyl groups excluding tert-OH is 1. The Hall–Kier alpha value is -3.56. The Morgan fingerprint density at radius 3 is 2.64 bits per heavy atom. The average Bonchev–Trinajstić information content (AvgIpc) is 3.25.